The maximum atomic E-state index is 14.4. The van der Waals surface area contributed by atoms with E-state index in [1.165, 1.54) is 7.11 Å². The highest BCUT2D eigenvalue weighted by Gasteiger charge is 2.44. The number of benzene rings is 4. The van der Waals surface area contributed by atoms with Gasteiger partial charge in [-0.1, -0.05) is 133 Å². The van der Waals surface area contributed by atoms with E-state index in [9.17, 15) is 9.59 Å². The van der Waals surface area contributed by atoms with Gasteiger partial charge in [-0.25, -0.2) is 4.79 Å². The number of hydrogen-bond acceptors (Lipinski definition) is 3. The van der Waals surface area contributed by atoms with E-state index in [2.05, 4.69) is 5.32 Å². The van der Waals surface area contributed by atoms with Crippen molar-refractivity contribution >= 4 is 18.0 Å². The molecule has 4 aromatic rings. The number of nitrogens with one attached hydrogen (secondary N) is 1. The fourth-order valence-electron chi connectivity index (χ4n) is 4.48. The molecule has 4 heteroatoms. The highest BCUT2D eigenvalue weighted by molar-refractivity contribution is 5.98. The largest absolute Gasteiger partial charge is 0.467 e. The number of carbonyl (C=O) groups is 2. The molecule has 0 fully saturated rings. The molecule has 36 heavy (non-hydrogen) atoms. The van der Waals surface area contributed by atoms with Gasteiger partial charge in [0, 0.05) is 0 Å². The highest BCUT2D eigenvalue weighted by atomic mass is 16.5. The summed E-state index contributed by atoms with van der Waals surface area (Å²) in [6, 6.07) is 37.9. The van der Waals surface area contributed by atoms with E-state index in [0.717, 1.165) is 22.3 Å². The van der Waals surface area contributed by atoms with Gasteiger partial charge < -0.3 is 10.1 Å². The molecular weight excluding hydrogens is 446 g/mol. The van der Waals surface area contributed by atoms with Crippen LogP contribution in [0.2, 0.25) is 0 Å². The Hall–Kier alpha value is -4.44. The first-order valence-corrected chi connectivity index (χ1v) is 11.9. The summed E-state index contributed by atoms with van der Waals surface area (Å²) in [6.07, 6.45) is 4.11. The number of hydrogen-bond donors (Lipinski definition) is 1. The molecule has 0 saturated heterocycles. The highest BCUT2D eigenvalue weighted by Crippen LogP contribution is 2.39. The molecule has 0 aliphatic rings. The van der Waals surface area contributed by atoms with Crippen LogP contribution in [0.5, 0.6) is 0 Å². The molecule has 0 unspecified atom stereocenters. The normalized spacial score (nSPS) is 12.1. The lowest BCUT2D eigenvalue weighted by atomic mass is 9.68. The average molecular weight is 476 g/mol. The van der Waals surface area contributed by atoms with Crippen LogP contribution in [0.15, 0.2) is 127 Å². The van der Waals surface area contributed by atoms with Crippen molar-refractivity contribution in [2.24, 2.45) is 0 Å². The van der Waals surface area contributed by atoms with Crippen molar-refractivity contribution in [3.05, 3.63) is 150 Å². The maximum Gasteiger partial charge on any atom is 0.328 e. The summed E-state index contributed by atoms with van der Waals surface area (Å²) < 4.78 is 5.06. The molecular formula is C32H29NO3. The molecule has 4 nitrogen and oxygen atoms in total. The number of esters is 1. The Bertz CT molecular complexity index is 1190. The van der Waals surface area contributed by atoms with Crippen LogP contribution < -0.4 is 5.32 Å². The minimum atomic E-state index is -1.17. The minimum absolute atomic E-state index is 0.293. The number of methoxy groups -OCH3 is 1. The maximum absolute atomic E-state index is 14.4. The molecule has 4 aromatic carbocycles. The summed E-state index contributed by atoms with van der Waals surface area (Å²) in [5.41, 5.74) is 2.27. The summed E-state index contributed by atoms with van der Waals surface area (Å²) >= 11 is 0. The van der Waals surface area contributed by atoms with Gasteiger partial charge >= 0.3 is 5.97 Å². The number of amides is 1. The predicted octanol–water partition coefficient (Wildman–Crippen LogP) is 5.78. The summed E-state index contributed by atoms with van der Waals surface area (Å²) in [4.78, 5) is 27.1. The van der Waals surface area contributed by atoms with Gasteiger partial charge in [0.15, 0.2) is 0 Å². The molecule has 0 aliphatic heterocycles. The topological polar surface area (TPSA) is 55.4 Å². The Morgan fingerprint density at radius 3 is 1.56 bits per heavy atom. The van der Waals surface area contributed by atoms with Crippen molar-refractivity contribution in [1.29, 1.82) is 0 Å². The van der Waals surface area contributed by atoms with E-state index in [0.29, 0.717) is 6.42 Å². The third-order valence-electron chi connectivity index (χ3n) is 6.23. The molecule has 0 aliphatic carbocycles. The predicted molar refractivity (Wildman–Crippen MR) is 143 cm³/mol. The van der Waals surface area contributed by atoms with E-state index >= 15 is 0 Å². The van der Waals surface area contributed by atoms with Crippen LogP contribution in [0, 0.1) is 0 Å². The first kappa shape index (κ1) is 24.7. The zero-order valence-electron chi connectivity index (χ0n) is 20.2. The Balaban J connectivity index is 1.77. The molecule has 0 aromatic heterocycles. The van der Waals surface area contributed by atoms with Crippen LogP contribution in [-0.4, -0.2) is 25.0 Å². The summed E-state index contributed by atoms with van der Waals surface area (Å²) in [5, 5.41) is 3.03. The standard InChI is InChI=1S/C32H29NO3/c1-36-30(34)29(24-14-17-25-15-6-2-7-16-25)33-31(35)32(26-18-8-3-9-19-26,27-20-10-4-11-21-27)28-22-12-5-13-23-28/h2-23,29H,24H2,1H3,(H,33,35)/b17-14+/t29-/m1/s1. The third kappa shape index (κ3) is 5.28. The second-order valence-corrected chi connectivity index (χ2v) is 8.45. The molecule has 0 radical (unpaired) electrons. The van der Waals surface area contributed by atoms with Gasteiger partial charge in [0.25, 0.3) is 0 Å². The molecule has 1 atom stereocenters. The molecule has 180 valence electrons. The van der Waals surface area contributed by atoms with Crippen LogP contribution in [0.3, 0.4) is 0 Å². The Labute approximate surface area is 212 Å². The molecule has 0 spiro atoms. The van der Waals surface area contributed by atoms with Gasteiger partial charge in [-0.05, 0) is 28.7 Å². The molecule has 0 saturated carbocycles. The van der Waals surface area contributed by atoms with Crippen molar-refractivity contribution in [1.82, 2.24) is 5.32 Å². The van der Waals surface area contributed by atoms with Gasteiger partial charge in [0.1, 0.15) is 11.5 Å². The quantitative estimate of drug-likeness (QED) is 0.247. The minimum Gasteiger partial charge on any atom is -0.467 e. The van der Waals surface area contributed by atoms with E-state index in [1.807, 2.05) is 133 Å². The van der Waals surface area contributed by atoms with Gasteiger partial charge in [-0.3, -0.25) is 4.79 Å². The third-order valence-corrected chi connectivity index (χ3v) is 6.23. The SMILES string of the molecule is COC(=O)[C@@H](C/C=C/c1ccccc1)NC(=O)C(c1ccccc1)(c1ccccc1)c1ccccc1. The summed E-state index contributed by atoms with van der Waals surface area (Å²) in [6.45, 7) is 0. The Kier molecular flexibility index (Phi) is 8.09. The number of carbonyl (C=O) groups excluding carboxylic acids is 2. The van der Waals surface area contributed by atoms with Crippen LogP contribution in [0.25, 0.3) is 6.08 Å². The molecule has 1 amide bonds. The molecule has 0 bridgehead atoms. The first-order valence-electron chi connectivity index (χ1n) is 11.9. The van der Waals surface area contributed by atoms with E-state index in [1.54, 1.807) is 0 Å². The van der Waals surface area contributed by atoms with Crippen molar-refractivity contribution < 1.29 is 14.3 Å². The molecule has 4 rings (SSSR count). The molecule has 1 N–H and O–H groups in total. The fraction of sp³-hybridized carbons (Fsp3) is 0.125. The second-order valence-electron chi connectivity index (χ2n) is 8.45. The zero-order chi connectivity index (χ0) is 25.2. The van der Waals surface area contributed by atoms with Crippen LogP contribution in [0.4, 0.5) is 0 Å². The van der Waals surface area contributed by atoms with E-state index < -0.39 is 17.4 Å². The van der Waals surface area contributed by atoms with E-state index in [4.69, 9.17) is 4.74 Å². The monoisotopic (exact) mass is 475 g/mol. The summed E-state index contributed by atoms with van der Waals surface area (Å²) in [7, 11) is 1.33. The fourth-order valence-corrected chi connectivity index (χ4v) is 4.48. The van der Waals surface area contributed by atoms with E-state index in [-0.39, 0.29) is 5.91 Å². The average Bonchev–Trinajstić information content (AvgIpc) is 2.95. The number of ether oxygens (including phenoxy) is 1. The Morgan fingerprint density at radius 1 is 0.722 bits per heavy atom. The van der Waals surface area contributed by atoms with Crippen molar-refractivity contribution in [3.63, 3.8) is 0 Å². The van der Waals surface area contributed by atoms with Crippen LogP contribution >= 0.6 is 0 Å². The van der Waals surface area contributed by atoms with Crippen LogP contribution in [-0.2, 0) is 19.7 Å². The smallest absolute Gasteiger partial charge is 0.328 e. The lowest BCUT2D eigenvalue weighted by Crippen LogP contribution is -2.52. The summed E-state index contributed by atoms with van der Waals surface area (Å²) in [5.74, 6) is -0.793. The van der Waals surface area contributed by atoms with Gasteiger partial charge in [0.05, 0.1) is 7.11 Å². The van der Waals surface area contributed by atoms with Gasteiger partial charge in [-0.2, -0.15) is 0 Å². The first-order chi connectivity index (χ1) is 17.7. The van der Waals surface area contributed by atoms with Gasteiger partial charge in [-0.15, -0.1) is 0 Å². The lowest BCUT2D eigenvalue weighted by Gasteiger charge is -2.35. The lowest BCUT2D eigenvalue weighted by molar-refractivity contribution is -0.145. The zero-order valence-corrected chi connectivity index (χ0v) is 20.2. The molecule has 0 heterocycles. The van der Waals surface area contributed by atoms with Crippen molar-refractivity contribution in [2.75, 3.05) is 7.11 Å². The second kappa shape index (κ2) is 11.8. The number of rotatable bonds is 9. The van der Waals surface area contributed by atoms with Gasteiger partial charge in [0.2, 0.25) is 5.91 Å². The van der Waals surface area contributed by atoms with Crippen molar-refractivity contribution in [3.8, 4) is 0 Å². The van der Waals surface area contributed by atoms with Crippen LogP contribution in [0.1, 0.15) is 28.7 Å². The Morgan fingerprint density at radius 2 is 1.14 bits per heavy atom. The van der Waals surface area contributed by atoms with Crippen molar-refractivity contribution in [2.45, 2.75) is 17.9 Å².